The molecule has 128 valence electrons. The number of carbonyl (C=O) groups is 1. The third-order valence-corrected chi connectivity index (χ3v) is 5.40. The Balaban J connectivity index is 1.69. The molecule has 1 aliphatic heterocycles. The minimum absolute atomic E-state index is 0.0718. The van der Waals surface area contributed by atoms with E-state index in [0.29, 0.717) is 17.1 Å². The van der Waals surface area contributed by atoms with Crippen LogP contribution < -0.4 is 5.32 Å². The summed E-state index contributed by atoms with van der Waals surface area (Å²) in [4.78, 5) is 15.8. The predicted octanol–water partition coefficient (Wildman–Crippen LogP) is 4.30. The highest BCUT2D eigenvalue weighted by molar-refractivity contribution is 7.98. The van der Waals surface area contributed by atoms with Gasteiger partial charge in [0, 0.05) is 18.0 Å². The van der Waals surface area contributed by atoms with Gasteiger partial charge in [-0.1, -0.05) is 18.5 Å². The Morgan fingerprint density at radius 1 is 1.43 bits per heavy atom. The Morgan fingerprint density at radius 3 is 3.00 bits per heavy atom. The summed E-state index contributed by atoms with van der Waals surface area (Å²) in [6, 6.07) is 5.58. The van der Waals surface area contributed by atoms with Crippen molar-refractivity contribution in [2.45, 2.75) is 37.5 Å². The van der Waals surface area contributed by atoms with Crippen molar-refractivity contribution in [3.05, 3.63) is 28.8 Å². The van der Waals surface area contributed by atoms with Gasteiger partial charge >= 0.3 is 0 Å². The van der Waals surface area contributed by atoms with Crippen LogP contribution in [0.1, 0.15) is 43.0 Å². The maximum absolute atomic E-state index is 12.2. The summed E-state index contributed by atoms with van der Waals surface area (Å²) in [5, 5.41) is 3.50. The van der Waals surface area contributed by atoms with E-state index in [4.69, 9.17) is 11.6 Å². The number of rotatable bonds is 7. The monoisotopic (exact) mass is 354 g/mol. The SMILES string of the molecule is CSc1ccc(Cl)c(C(=O)NCCCCN2CCC[C@H](C)C2)c1. The molecule has 5 heteroatoms. The van der Waals surface area contributed by atoms with E-state index in [1.54, 1.807) is 17.8 Å². The maximum Gasteiger partial charge on any atom is 0.252 e. The average molecular weight is 355 g/mol. The molecule has 1 N–H and O–H groups in total. The zero-order valence-electron chi connectivity index (χ0n) is 14.1. The minimum Gasteiger partial charge on any atom is -0.352 e. The molecule has 2 rings (SSSR count). The van der Waals surface area contributed by atoms with Crippen LogP contribution in [0.5, 0.6) is 0 Å². The lowest BCUT2D eigenvalue weighted by molar-refractivity contribution is 0.0952. The molecule has 0 aliphatic carbocycles. The Kier molecular flexibility index (Phi) is 7.74. The molecule has 1 aliphatic rings. The van der Waals surface area contributed by atoms with Crippen molar-refractivity contribution in [1.82, 2.24) is 10.2 Å². The van der Waals surface area contributed by atoms with Gasteiger partial charge in [-0.15, -0.1) is 11.8 Å². The third-order valence-electron chi connectivity index (χ3n) is 4.35. The molecule has 1 atom stereocenters. The van der Waals surface area contributed by atoms with Crippen molar-refractivity contribution < 1.29 is 4.79 Å². The van der Waals surface area contributed by atoms with Gasteiger partial charge in [0.2, 0.25) is 0 Å². The fourth-order valence-corrected chi connectivity index (χ4v) is 3.70. The van der Waals surface area contributed by atoms with Gasteiger partial charge in [-0.3, -0.25) is 4.79 Å². The lowest BCUT2D eigenvalue weighted by Crippen LogP contribution is -2.35. The highest BCUT2D eigenvalue weighted by atomic mass is 35.5. The summed E-state index contributed by atoms with van der Waals surface area (Å²) in [6.45, 7) is 6.64. The third kappa shape index (κ3) is 6.02. The number of nitrogens with zero attached hydrogens (tertiary/aromatic N) is 1. The van der Waals surface area contributed by atoms with Crippen LogP contribution in [0, 0.1) is 5.92 Å². The fraction of sp³-hybridized carbons (Fsp3) is 0.611. The van der Waals surface area contributed by atoms with Gasteiger partial charge in [0.15, 0.2) is 0 Å². The van der Waals surface area contributed by atoms with E-state index in [1.807, 2.05) is 18.4 Å². The molecule has 1 heterocycles. The fourth-order valence-electron chi connectivity index (χ4n) is 3.05. The van der Waals surface area contributed by atoms with Gasteiger partial charge < -0.3 is 10.2 Å². The second-order valence-corrected chi connectivity index (χ2v) is 7.64. The number of benzene rings is 1. The van der Waals surface area contributed by atoms with Crippen LogP contribution in [0.3, 0.4) is 0 Å². The van der Waals surface area contributed by atoms with E-state index >= 15 is 0 Å². The van der Waals surface area contributed by atoms with Crippen LogP contribution in [0.25, 0.3) is 0 Å². The average Bonchev–Trinajstić information content (AvgIpc) is 2.55. The van der Waals surface area contributed by atoms with Crippen molar-refractivity contribution in [2.75, 3.05) is 32.4 Å². The molecule has 0 radical (unpaired) electrons. The molecule has 1 amide bonds. The van der Waals surface area contributed by atoms with E-state index in [0.717, 1.165) is 30.2 Å². The molecular formula is C18H27ClN2OS. The number of likely N-dealkylation sites (tertiary alicyclic amines) is 1. The number of carbonyl (C=O) groups excluding carboxylic acids is 1. The lowest BCUT2D eigenvalue weighted by atomic mass is 10.0. The first-order valence-corrected chi connectivity index (χ1v) is 10.0. The Morgan fingerprint density at radius 2 is 2.26 bits per heavy atom. The predicted molar refractivity (Wildman–Crippen MR) is 99.6 cm³/mol. The summed E-state index contributed by atoms with van der Waals surface area (Å²) < 4.78 is 0. The van der Waals surface area contributed by atoms with Crippen molar-refractivity contribution in [3.8, 4) is 0 Å². The summed E-state index contributed by atoms with van der Waals surface area (Å²) >= 11 is 7.74. The quantitative estimate of drug-likeness (QED) is 0.585. The smallest absolute Gasteiger partial charge is 0.252 e. The van der Waals surface area contributed by atoms with Gasteiger partial charge in [0.05, 0.1) is 10.6 Å². The summed E-state index contributed by atoms with van der Waals surface area (Å²) in [5.41, 5.74) is 0.573. The van der Waals surface area contributed by atoms with Crippen molar-refractivity contribution in [2.24, 2.45) is 5.92 Å². The molecule has 3 nitrogen and oxygen atoms in total. The molecule has 0 spiro atoms. The van der Waals surface area contributed by atoms with Gasteiger partial charge in [-0.2, -0.15) is 0 Å². The molecule has 1 saturated heterocycles. The number of nitrogens with one attached hydrogen (secondary N) is 1. The minimum atomic E-state index is -0.0718. The Labute approximate surface area is 149 Å². The highest BCUT2D eigenvalue weighted by Gasteiger charge is 2.15. The topological polar surface area (TPSA) is 32.3 Å². The first kappa shape index (κ1) is 18.6. The largest absolute Gasteiger partial charge is 0.352 e. The standard InChI is InChI=1S/C18H27ClN2OS/c1-14-6-5-11-21(13-14)10-4-3-9-20-18(22)16-12-15(23-2)7-8-17(16)19/h7-8,12,14H,3-6,9-11,13H2,1-2H3,(H,20,22)/t14-/m0/s1. The van der Waals surface area contributed by atoms with Crippen molar-refractivity contribution in [3.63, 3.8) is 0 Å². The van der Waals surface area contributed by atoms with E-state index < -0.39 is 0 Å². The van der Waals surface area contributed by atoms with E-state index in [1.165, 1.54) is 25.9 Å². The van der Waals surface area contributed by atoms with Crippen LogP contribution in [0.2, 0.25) is 5.02 Å². The molecule has 1 fully saturated rings. The second kappa shape index (κ2) is 9.55. The van der Waals surface area contributed by atoms with Gasteiger partial charge in [-0.25, -0.2) is 0 Å². The molecule has 1 aromatic rings. The number of piperidine rings is 1. The molecule has 23 heavy (non-hydrogen) atoms. The number of thioether (sulfide) groups is 1. The zero-order valence-corrected chi connectivity index (χ0v) is 15.7. The van der Waals surface area contributed by atoms with Crippen LogP contribution in [0.4, 0.5) is 0 Å². The Hall–Kier alpha value is -0.710. The van der Waals surface area contributed by atoms with Crippen LogP contribution >= 0.6 is 23.4 Å². The van der Waals surface area contributed by atoms with E-state index in [2.05, 4.69) is 17.1 Å². The van der Waals surface area contributed by atoms with Gasteiger partial charge in [0.25, 0.3) is 5.91 Å². The lowest BCUT2D eigenvalue weighted by Gasteiger charge is -2.30. The number of amides is 1. The number of unbranched alkanes of at least 4 members (excludes halogenated alkanes) is 1. The number of hydrogen-bond donors (Lipinski definition) is 1. The van der Waals surface area contributed by atoms with Crippen molar-refractivity contribution >= 4 is 29.3 Å². The molecule has 0 bridgehead atoms. The van der Waals surface area contributed by atoms with Gasteiger partial charge in [0.1, 0.15) is 0 Å². The van der Waals surface area contributed by atoms with Crippen LogP contribution in [-0.4, -0.2) is 43.2 Å². The summed E-state index contributed by atoms with van der Waals surface area (Å²) in [6.07, 6.45) is 6.82. The van der Waals surface area contributed by atoms with E-state index in [-0.39, 0.29) is 5.91 Å². The van der Waals surface area contributed by atoms with Crippen LogP contribution in [0.15, 0.2) is 23.1 Å². The van der Waals surface area contributed by atoms with Crippen LogP contribution in [-0.2, 0) is 0 Å². The molecular weight excluding hydrogens is 328 g/mol. The zero-order chi connectivity index (χ0) is 16.7. The second-order valence-electron chi connectivity index (χ2n) is 6.36. The normalized spacial score (nSPS) is 18.8. The Bertz CT molecular complexity index is 524. The van der Waals surface area contributed by atoms with Gasteiger partial charge in [-0.05, 0) is 69.1 Å². The molecule has 1 aromatic carbocycles. The molecule has 0 unspecified atom stereocenters. The first-order chi connectivity index (χ1) is 11.1. The summed E-state index contributed by atoms with van der Waals surface area (Å²) in [7, 11) is 0. The molecule has 0 saturated carbocycles. The van der Waals surface area contributed by atoms with E-state index in [9.17, 15) is 4.79 Å². The highest BCUT2D eigenvalue weighted by Crippen LogP contribution is 2.23. The van der Waals surface area contributed by atoms with Crippen molar-refractivity contribution in [1.29, 1.82) is 0 Å². The number of hydrogen-bond acceptors (Lipinski definition) is 3. The first-order valence-electron chi connectivity index (χ1n) is 8.44. The molecule has 0 aromatic heterocycles. The maximum atomic E-state index is 12.2. The summed E-state index contributed by atoms with van der Waals surface area (Å²) in [5.74, 6) is 0.756. The number of halogens is 1.